The molecule has 1 aromatic carbocycles. The monoisotopic (exact) mass is 563 g/mol. The number of benzene rings is 1. The first kappa shape index (κ1) is 35.1. The summed E-state index contributed by atoms with van der Waals surface area (Å²) in [6, 6.07) is 4.73. The fraction of sp³-hybridized carbons (Fsp3) is 0.677. The second kappa shape index (κ2) is 17.0. The van der Waals surface area contributed by atoms with Crippen molar-refractivity contribution in [3.63, 3.8) is 0 Å². The normalized spacial score (nSPS) is 14.3. The quantitative estimate of drug-likeness (QED) is 0.192. The van der Waals surface area contributed by atoms with Crippen LogP contribution in [0.2, 0.25) is 0 Å². The van der Waals surface area contributed by atoms with Crippen molar-refractivity contribution in [1.82, 2.24) is 0 Å². The molecule has 2 N–H and O–H groups in total. The molecule has 0 fully saturated rings. The van der Waals surface area contributed by atoms with E-state index in [4.69, 9.17) is 24.7 Å². The molecule has 1 aromatic rings. The summed E-state index contributed by atoms with van der Waals surface area (Å²) < 4.78 is 21.7. The number of esters is 4. The highest BCUT2D eigenvalue weighted by Crippen LogP contribution is 2.32. The van der Waals surface area contributed by atoms with Crippen LogP contribution in [0.1, 0.15) is 99.0 Å². The maximum atomic E-state index is 12.8. The van der Waals surface area contributed by atoms with Crippen LogP contribution in [0.15, 0.2) is 18.2 Å². The molecule has 0 amide bonds. The van der Waals surface area contributed by atoms with E-state index in [2.05, 4.69) is 0 Å². The lowest BCUT2D eigenvalue weighted by molar-refractivity contribution is -0.157. The molecule has 0 saturated heterocycles. The maximum Gasteiger partial charge on any atom is 0.326 e. The number of carbonyl (C=O) groups is 4. The Morgan fingerprint density at radius 2 is 1.40 bits per heavy atom. The van der Waals surface area contributed by atoms with Gasteiger partial charge in [0.25, 0.3) is 0 Å². The second-order valence-corrected chi connectivity index (χ2v) is 11.6. The first-order chi connectivity index (χ1) is 18.7. The molecule has 1 rings (SSSR count). The predicted molar refractivity (Wildman–Crippen MR) is 153 cm³/mol. The van der Waals surface area contributed by atoms with E-state index in [0.717, 1.165) is 6.42 Å². The van der Waals surface area contributed by atoms with Crippen molar-refractivity contribution in [2.45, 2.75) is 111 Å². The third kappa shape index (κ3) is 12.5. The highest BCUT2D eigenvalue weighted by atomic mass is 16.6. The molecule has 0 aliphatic carbocycles. The van der Waals surface area contributed by atoms with Crippen LogP contribution in [0.25, 0.3) is 0 Å². The van der Waals surface area contributed by atoms with Gasteiger partial charge in [-0.3, -0.25) is 19.2 Å². The Bertz CT molecular complexity index is 990. The molecular weight excluding hydrogens is 514 g/mol. The van der Waals surface area contributed by atoms with Crippen LogP contribution in [0.3, 0.4) is 0 Å². The summed E-state index contributed by atoms with van der Waals surface area (Å²) in [5.41, 5.74) is 5.58. The van der Waals surface area contributed by atoms with Crippen molar-refractivity contribution in [3.8, 4) is 11.5 Å². The smallest absolute Gasteiger partial charge is 0.326 e. The van der Waals surface area contributed by atoms with Crippen LogP contribution in [0.5, 0.6) is 11.5 Å². The molecule has 0 bridgehead atoms. The van der Waals surface area contributed by atoms with Gasteiger partial charge in [0.1, 0.15) is 11.6 Å². The van der Waals surface area contributed by atoms with Gasteiger partial charge in [-0.15, -0.1) is 0 Å². The van der Waals surface area contributed by atoms with E-state index in [-0.39, 0.29) is 49.1 Å². The van der Waals surface area contributed by atoms with Crippen molar-refractivity contribution in [2.75, 3.05) is 7.11 Å². The molecule has 2 unspecified atom stereocenters. The lowest BCUT2D eigenvalue weighted by Gasteiger charge is -2.30. The molecule has 9 nitrogen and oxygen atoms in total. The molecule has 3 atom stereocenters. The highest BCUT2D eigenvalue weighted by Gasteiger charge is 2.38. The summed E-state index contributed by atoms with van der Waals surface area (Å²) in [6.45, 7) is 13.5. The Morgan fingerprint density at radius 1 is 0.850 bits per heavy atom. The standard InChI is InChI=1S/C31H49NO8/c1-9-10-22(6)29(35)38-23(7)18-31(32,30(36)37-8)19-24-13-14-25(39-27(33)15-11-20(2)3)26(17-24)40-28(34)16-12-21(4)5/h13-14,17,20-23H,9-12,15-16,18-19,32H2,1-8H3/t22?,23?,31-/m1/s1. The molecule has 0 saturated carbocycles. The Morgan fingerprint density at radius 3 is 1.90 bits per heavy atom. The highest BCUT2D eigenvalue weighted by molar-refractivity contribution is 5.81. The van der Waals surface area contributed by atoms with E-state index < -0.39 is 29.6 Å². The summed E-state index contributed by atoms with van der Waals surface area (Å²) in [5, 5.41) is 0. The van der Waals surface area contributed by atoms with E-state index in [1.54, 1.807) is 26.0 Å². The third-order valence-electron chi connectivity index (χ3n) is 6.51. The van der Waals surface area contributed by atoms with E-state index in [9.17, 15) is 19.2 Å². The minimum absolute atomic E-state index is 0.00416. The number of rotatable bonds is 17. The summed E-state index contributed by atoms with van der Waals surface area (Å²) in [6.07, 6.45) is 2.64. The van der Waals surface area contributed by atoms with Gasteiger partial charge in [-0.25, -0.2) is 0 Å². The first-order valence-electron chi connectivity index (χ1n) is 14.3. The molecule has 0 heterocycles. The van der Waals surface area contributed by atoms with Gasteiger partial charge in [-0.2, -0.15) is 0 Å². The van der Waals surface area contributed by atoms with Crippen molar-refractivity contribution in [1.29, 1.82) is 0 Å². The second-order valence-electron chi connectivity index (χ2n) is 11.6. The molecule has 0 aromatic heterocycles. The zero-order valence-electron chi connectivity index (χ0n) is 25.5. The number of hydrogen-bond acceptors (Lipinski definition) is 9. The molecule has 9 heteroatoms. The number of ether oxygens (including phenoxy) is 4. The van der Waals surface area contributed by atoms with Crippen molar-refractivity contribution in [2.24, 2.45) is 23.5 Å². The Kier molecular flexibility index (Phi) is 14.9. The van der Waals surface area contributed by atoms with E-state index >= 15 is 0 Å². The molecular formula is C31H49NO8. The molecule has 226 valence electrons. The molecule has 0 aliphatic heterocycles. The fourth-order valence-corrected chi connectivity index (χ4v) is 4.20. The summed E-state index contributed by atoms with van der Waals surface area (Å²) >= 11 is 0. The average molecular weight is 564 g/mol. The average Bonchev–Trinajstić information content (AvgIpc) is 2.87. The van der Waals surface area contributed by atoms with Gasteiger partial charge >= 0.3 is 23.9 Å². The van der Waals surface area contributed by atoms with E-state index in [1.165, 1.54) is 13.2 Å². The van der Waals surface area contributed by atoms with Gasteiger partial charge in [0.2, 0.25) is 0 Å². The zero-order chi connectivity index (χ0) is 30.5. The third-order valence-corrected chi connectivity index (χ3v) is 6.51. The van der Waals surface area contributed by atoms with Crippen molar-refractivity contribution in [3.05, 3.63) is 23.8 Å². The van der Waals surface area contributed by atoms with Gasteiger partial charge in [0.15, 0.2) is 11.5 Å². The maximum absolute atomic E-state index is 12.8. The fourth-order valence-electron chi connectivity index (χ4n) is 4.20. The number of methoxy groups -OCH3 is 1. The largest absolute Gasteiger partial charge is 0.468 e. The Labute approximate surface area is 239 Å². The van der Waals surface area contributed by atoms with Crippen LogP contribution < -0.4 is 15.2 Å². The summed E-state index contributed by atoms with van der Waals surface area (Å²) in [7, 11) is 1.24. The van der Waals surface area contributed by atoms with Crippen LogP contribution in [0.4, 0.5) is 0 Å². The Balaban J connectivity index is 3.22. The van der Waals surface area contributed by atoms with Crippen molar-refractivity contribution >= 4 is 23.9 Å². The van der Waals surface area contributed by atoms with E-state index in [0.29, 0.717) is 36.7 Å². The Hall–Kier alpha value is -2.94. The number of nitrogens with two attached hydrogens (primary N) is 1. The zero-order valence-corrected chi connectivity index (χ0v) is 25.5. The SMILES string of the molecule is CCCC(C)C(=O)OC(C)C[C@@](N)(Cc1ccc(OC(=O)CCC(C)C)c(OC(=O)CCC(C)C)c1)C(=O)OC. The van der Waals surface area contributed by atoms with Crippen molar-refractivity contribution < 1.29 is 38.1 Å². The first-order valence-corrected chi connectivity index (χ1v) is 14.3. The lowest BCUT2D eigenvalue weighted by Crippen LogP contribution is -2.53. The predicted octanol–water partition coefficient (Wildman–Crippen LogP) is 5.54. The van der Waals surface area contributed by atoms with Gasteiger partial charge in [-0.1, -0.05) is 54.0 Å². The minimum Gasteiger partial charge on any atom is -0.468 e. The summed E-state index contributed by atoms with van der Waals surface area (Å²) in [4.78, 5) is 50.2. The van der Waals surface area contributed by atoms with Crippen LogP contribution in [-0.2, 0) is 35.1 Å². The minimum atomic E-state index is -1.53. The summed E-state index contributed by atoms with van der Waals surface area (Å²) in [5.74, 6) is -1.34. The molecule has 40 heavy (non-hydrogen) atoms. The number of carbonyl (C=O) groups excluding carboxylic acids is 4. The van der Waals surface area contributed by atoms with E-state index in [1.807, 2.05) is 34.6 Å². The van der Waals surface area contributed by atoms with Gasteiger partial charge in [-0.05, 0) is 55.7 Å². The topological polar surface area (TPSA) is 131 Å². The molecule has 0 spiro atoms. The lowest BCUT2D eigenvalue weighted by atomic mass is 9.86. The van der Waals surface area contributed by atoms with Crippen LogP contribution in [-0.4, -0.2) is 42.6 Å². The van der Waals surface area contributed by atoms with Gasteiger partial charge in [0, 0.05) is 25.7 Å². The van der Waals surface area contributed by atoms with Gasteiger partial charge < -0.3 is 24.7 Å². The number of hydrogen-bond donors (Lipinski definition) is 1. The van der Waals surface area contributed by atoms with Crippen LogP contribution >= 0.6 is 0 Å². The van der Waals surface area contributed by atoms with Gasteiger partial charge in [0.05, 0.1) is 13.0 Å². The molecule has 0 aliphatic rings. The van der Waals surface area contributed by atoms with Crippen LogP contribution in [0, 0.1) is 17.8 Å². The molecule has 0 radical (unpaired) electrons.